The van der Waals surface area contributed by atoms with Gasteiger partial charge in [0.05, 0.1) is 40.2 Å². The Kier molecular flexibility index (Phi) is 5.78. The van der Waals surface area contributed by atoms with Crippen molar-refractivity contribution in [3.8, 4) is 0 Å². The summed E-state index contributed by atoms with van der Waals surface area (Å²) in [5.41, 5.74) is 3.35. The molecule has 136 valence electrons. The van der Waals surface area contributed by atoms with Crippen LogP contribution in [0.25, 0.3) is 0 Å². The van der Waals surface area contributed by atoms with Gasteiger partial charge in [-0.1, -0.05) is 23.7 Å². The average Bonchev–Trinajstić information content (AvgIpc) is 3.14. The van der Waals surface area contributed by atoms with Gasteiger partial charge in [-0.05, 0) is 47.5 Å². The first kappa shape index (κ1) is 18.7. The molecule has 0 aliphatic carbocycles. The van der Waals surface area contributed by atoms with Crippen molar-refractivity contribution < 1.29 is 4.79 Å². The molecule has 1 aromatic carbocycles. The number of halogens is 2. The SMILES string of the molecule is Cc1nn(Cc2cccc(C(=O)NCCn3cc(Br)cn3)c2)c(C)c1Cl. The van der Waals surface area contributed by atoms with E-state index in [4.69, 9.17) is 11.6 Å². The summed E-state index contributed by atoms with van der Waals surface area (Å²) in [4.78, 5) is 12.4. The summed E-state index contributed by atoms with van der Waals surface area (Å²) in [5.74, 6) is -0.107. The number of benzene rings is 1. The van der Waals surface area contributed by atoms with Crippen molar-refractivity contribution in [2.75, 3.05) is 6.54 Å². The van der Waals surface area contributed by atoms with E-state index in [1.165, 1.54) is 0 Å². The summed E-state index contributed by atoms with van der Waals surface area (Å²) in [6, 6.07) is 7.53. The van der Waals surface area contributed by atoms with Gasteiger partial charge in [-0.25, -0.2) is 0 Å². The number of aryl methyl sites for hydroxylation is 1. The second-order valence-corrected chi connectivity index (χ2v) is 7.31. The van der Waals surface area contributed by atoms with Crippen molar-refractivity contribution in [3.63, 3.8) is 0 Å². The number of carbonyl (C=O) groups excluding carboxylic acids is 1. The van der Waals surface area contributed by atoms with Crippen molar-refractivity contribution in [1.29, 1.82) is 0 Å². The topological polar surface area (TPSA) is 64.7 Å². The van der Waals surface area contributed by atoms with Gasteiger partial charge in [0.15, 0.2) is 0 Å². The fraction of sp³-hybridized carbons (Fsp3) is 0.278. The normalized spacial score (nSPS) is 10.9. The van der Waals surface area contributed by atoms with E-state index in [2.05, 4.69) is 31.4 Å². The van der Waals surface area contributed by atoms with E-state index in [0.29, 0.717) is 30.2 Å². The van der Waals surface area contributed by atoms with Gasteiger partial charge in [0.2, 0.25) is 0 Å². The van der Waals surface area contributed by atoms with Crippen LogP contribution >= 0.6 is 27.5 Å². The zero-order valence-corrected chi connectivity index (χ0v) is 16.9. The predicted molar refractivity (Wildman–Crippen MR) is 105 cm³/mol. The van der Waals surface area contributed by atoms with Gasteiger partial charge in [0.1, 0.15) is 0 Å². The highest BCUT2D eigenvalue weighted by atomic mass is 79.9. The number of rotatable bonds is 6. The minimum Gasteiger partial charge on any atom is -0.350 e. The van der Waals surface area contributed by atoms with Crippen LogP contribution in [-0.4, -0.2) is 32.0 Å². The molecule has 0 fully saturated rings. The molecule has 0 unspecified atom stereocenters. The quantitative estimate of drug-likeness (QED) is 0.642. The van der Waals surface area contributed by atoms with Gasteiger partial charge in [0, 0.05) is 18.3 Å². The molecule has 0 aliphatic heterocycles. The molecule has 3 aromatic rings. The third-order valence-electron chi connectivity index (χ3n) is 4.04. The molecular weight excluding hydrogens is 418 g/mol. The Morgan fingerprint density at radius 1 is 1.35 bits per heavy atom. The minimum absolute atomic E-state index is 0.107. The molecule has 0 bridgehead atoms. The summed E-state index contributed by atoms with van der Waals surface area (Å²) in [6.45, 7) is 5.51. The molecule has 26 heavy (non-hydrogen) atoms. The lowest BCUT2D eigenvalue weighted by Crippen LogP contribution is -2.27. The van der Waals surface area contributed by atoms with Crippen molar-refractivity contribution in [2.24, 2.45) is 0 Å². The highest BCUT2D eigenvalue weighted by Gasteiger charge is 2.11. The maximum atomic E-state index is 12.4. The van der Waals surface area contributed by atoms with E-state index in [1.54, 1.807) is 16.9 Å². The first-order valence-corrected chi connectivity index (χ1v) is 9.35. The van der Waals surface area contributed by atoms with E-state index in [0.717, 1.165) is 21.4 Å². The number of amides is 1. The average molecular weight is 437 g/mol. The first-order chi connectivity index (χ1) is 12.4. The molecule has 0 aliphatic rings. The highest BCUT2D eigenvalue weighted by Crippen LogP contribution is 2.20. The second kappa shape index (κ2) is 8.05. The van der Waals surface area contributed by atoms with Gasteiger partial charge >= 0.3 is 0 Å². The van der Waals surface area contributed by atoms with Crippen LogP contribution in [0.3, 0.4) is 0 Å². The lowest BCUT2D eigenvalue weighted by molar-refractivity contribution is 0.0952. The molecule has 0 radical (unpaired) electrons. The number of hydrogen-bond donors (Lipinski definition) is 1. The Balaban J connectivity index is 1.62. The molecule has 0 saturated carbocycles. The van der Waals surface area contributed by atoms with Gasteiger partial charge in [-0.3, -0.25) is 14.2 Å². The van der Waals surface area contributed by atoms with E-state index in [9.17, 15) is 4.79 Å². The molecule has 0 saturated heterocycles. The maximum Gasteiger partial charge on any atom is 0.251 e. The molecule has 0 spiro atoms. The lowest BCUT2D eigenvalue weighted by atomic mass is 10.1. The summed E-state index contributed by atoms with van der Waals surface area (Å²) in [5, 5.41) is 12.2. The fourth-order valence-electron chi connectivity index (χ4n) is 2.66. The minimum atomic E-state index is -0.107. The van der Waals surface area contributed by atoms with Crippen LogP contribution in [0.1, 0.15) is 27.3 Å². The van der Waals surface area contributed by atoms with Crippen LogP contribution < -0.4 is 5.32 Å². The summed E-state index contributed by atoms with van der Waals surface area (Å²) in [7, 11) is 0. The van der Waals surface area contributed by atoms with Crippen LogP contribution in [0.4, 0.5) is 0 Å². The second-order valence-electron chi connectivity index (χ2n) is 6.02. The molecule has 2 heterocycles. The van der Waals surface area contributed by atoms with Crippen molar-refractivity contribution >= 4 is 33.4 Å². The van der Waals surface area contributed by atoms with Gasteiger partial charge < -0.3 is 5.32 Å². The highest BCUT2D eigenvalue weighted by molar-refractivity contribution is 9.10. The third kappa shape index (κ3) is 4.34. The summed E-state index contributed by atoms with van der Waals surface area (Å²) >= 11 is 9.55. The molecule has 3 rings (SSSR count). The van der Waals surface area contributed by atoms with E-state index >= 15 is 0 Å². The molecule has 8 heteroatoms. The number of carbonyl (C=O) groups is 1. The fourth-order valence-corrected chi connectivity index (χ4v) is 3.12. The zero-order valence-electron chi connectivity index (χ0n) is 14.5. The first-order valence-electron chi connectivity index (χ1n) is 8.18. The lowest BCUT2D eigenvalue weighted by Gasteiger charge is -2.08. The smallest absolute Gasteiger partial charge is 0.251 e. The molecule has 0 atom stereocenters. The molecule has 1 amide bonds. The van der Waals surface area contributed by atoms with Crippen molar-refractivity contribution in [2.45, 2.75) is 26.9 Å². The third-order valence-corrected chi connectivity index (χ3v) is 5.00. The molecule has 1 N–H and O–H groups in total. The number of nitrogens with one attached hydrogen (secondary N) is 1. The van der Waals surface area contributed by atoms with Crippen molar-refractivity contribution in [3.05, 3.63) is 68.7 Å². The Morgan fingerprint density at radius 2 is 2.15 bits per heavy atom. The number of nitrogens with zero attached hydrogens (tertiary/aromatic N) is 4. The molecular formula is C18H19BrClN5O. The monoisotopic (exact) mass is 435 g/mol. The van der Waals surface area contributed by atoms with Crippen LogP contribution in [0.5, 0.6) is 0 Å². The Bertz CT molecular complexity index is 934. The Hall–Kier alpha value is -2.12. The van der Waals surface area contributed by atoms with Gasteiger partial charge in [-0.15, -0.1) is 0 Å². The van der Waals surface area contributed by atoms with Crippen LogP contribution in [0, 0.1) is 13.8 Å². The number of aromatic nitrogens is 4. The van der Waals surface area contributed by atoms with Crippen molar-refractivity contribution in [1.82, 2.24) is 24.9 Å². The van der Waals surface area contributed by atoms with E-state index < -0.39 is 0 Å². The standard InChI is InChI=1S/C18H19BrClN5O/c1-12-17(20)13(2)25(23-12)10-14-4-3-5-15(8-14)18(26)21-6-7-24-11-16(19)9-22-24/h3-5,8-9,11H,6-7,10H2,1-2H3,(H,21,26). The summed E-state index contributed by atoms with van der Waals surface area (Å²) < 4.78 is 4.54. The van der Waals surface area contributed by atoms with E-state index in [1.807, 2.05) is 42.9 Å². The summed E-state index contributed by atoms with van der Waals surface area (Å²) in [6.07, 6.45) is 3.59. The van der Waals surface area contributed by atoms with Gasteiger partial charge in [-0.2, -0.15) is 10.2 Å². The van der Waals surface area contributed by atoms with Crippen LogP contribution in [0.2, 0.25) is 5.02 Å². The molecule has 2 aromatic heterocycles. The van der Waals surface area contributed by atoms with Gasteiger partial charge in [0.25, 0.3) is 5.91 Å². The van der Waals surface area contributed by atoms with Crippen LogP contribution in [-0.2, 0) is 13.1 Å². The van der Waals surface area contributed by atoms with Crippen LogP contribution in [0.15, 0.2) is 41.1 Å². The van der Waals surface area contributed by atoms with E-state index in [-0.39, 0.29) is 5.91 Å². The number of hydrogen-bond acceptors (Lipinski definition) is 3. The Labute approximate surface area is 165 Å². The molecule has 6 nitrogen and oxygen atoms in total. The zero-order chi connectivity index (χ0) is 18.7. The predicted octanol–water partition coefficient (Wildman–Crippen LogP) is 3.59. The Morgan fingerprint density at radius 3 is 2.81 bits per heavy atom. The largest absolute Gasteiger partial charge is 0.350 e. The maximum absolute atomic E-state index is 12.4.